The third-order valence-electron chi connectivity index (χ3n) is 2.49. The summed E-state index contributed by atoms with van der Waals surface area (Å²) in [6.07, 6.45) is -11.6. The molecule has 3 nitrogen and oxygen atoms in total. The van der Waals surface area contributed by atoms with Gasteiger partial charge in [0.25, 0.3) is 6.29 Å². The Morgan fingerprint density at radius 1 is 1.10 bits per heavy atom. The maximum Gasteiger partial charge on any atom is 0.418 e. The maximum atomic E-state index is 12.6. The van der Waals surface area contributed by atoms with E-state index in [4.69, 9.17) is 22.1 Å². The van der Waals surface area contributed by atoms with Crippen molar-refractivity contribution in [2.24, 2.45) is 0 Å². The Kier molecular flexibility index (Phi) is 3.35. The Morgan fingerprint density at radius 2 is 1.70 bits per heavy atom. The lowest BCUT2D eigenvalue weighted by atomic mass is 10.1. The number of alkyl halides is 7. The van der Waals surface area contributed by atoms with Gasteiger partial charge < -0.3 is 15.2 Å². The summed E-state index contributed by atoms with van der Waals surface area (Å²) in [5.41, 5.74) is 3.18. The van der Waals surface area contributed by atoms with Crippen molar-refractivity contribution in [1.29, 1.82) is 0 Å². The van der Waals surface area contributed by atoms with Crippen molar-refractivity contribution in [3.05, 3.63) is 17.7 Å². The van der Waals surface area contributed by atoms with Crippen LogP contribution in [0.25, 0.3) is 0 Å². The molecule has 0 saturated heterocycles. The predicted molar refractivity (Wildman–Crippen MR) is 56.6 cm³/mol. The zero-order chi connectivity index (χ0) is 15.3. The van der Waals surface area contributed by atoms with Crippen LogP contribution in [0.2, 0.25) is 0 Å². The number of hydrogen-bond acceptors (Lipinski definition) is 3. The number of rotatable bonds is 1. The van der Waals surface area contributed by atoms with Crippen LogP contribution in [-0.4, -0.2) is 17.8 Å². The molecule has 1 aliphatic heterocycles. The molecule has 20 heavy (non-hydrogen) atoms. The summed E-state index contributed by atoms with van der Waals surface area (Å²) in [7, 11) is 0. The van der Waals surface area contributed by atoms with Gasteiger partial charge in [-0.15, -0.1) is 11.6 Å². The van der Waals surface area contributed by atoms with Crippen LogP contribution in [0.3, 0.4) is 0 Å². The zero-order valence-corrected chi connectivity index (χ0v) is 10.1. The number of halogens is 7. The van der Waals surface area contributed by atoms with E-state index in [2.05, 4.69) is 4.74 Å². The Labute approximate surface area is 113 Å². The fourth-order valence-corrected chi connectivity index (χ4v) is 1.68. The van der Waals surface area contributed by atoms with E-state index >= 15 is 0 Å². The highest BCUT2D eigenvalue weighted by atomic mass is 35.5. The van der Waals surface area contributed by atoms with Gasteiger partial charge in [0.1, 0.15) is 0 Å². The van der Waals surface area contributed by atoms with Crippen molar-refractivity contribution >= 4 is 17.3 Å². The van der Waals surface area contributed by atoms with E-state index in [0.717, 1.165) is 6.07 Å². The fraction of sp³-hybridized carbons (Fsp3) is 0.400. The predicted octanol–water partition coefficient (Wildman–Crippen LogP) is 3.55. The molecule has 0 fully saturated rings. The average Bonchev–Trinajstić information content (AvgIpc) is 2.69. The Bertz CT molecular complexity index is 530. The van der Waals surface area contributed by atoms with Gasteiger partial charge in [-0.1, -0.05) is 0 Å². The number of anilines is 1. The van der Waals surface area contributed by atoms with E-state index in [0.29, 0.717) is 6.07 Å². The SMILES string of the molecule is Nc1c(C(F)(F)F)ccc2c1OC(C(Cl)C(F)(F)F)O2. The molecule has 1 heterocycles. The van der Waals surface area contributed by atoms with E-state index in [1.165, 1.54) is 0 Å². The zero-order valence-electron chi connectivity index (χ0n) is 9.35. The standard InChI is InChI=1S/C10H6ClF6NO2/c11-7(10(15,16)17)8-19-4-2-1-3(9(12,13)14)5(18)6(4)20-8/h1-2,7-8H,18H2. The highest BCUT2D eigenvalue weighted by molar-refractivity contribution is 6.21. The Balaban J connectivity index is 2.32. The number of ether oxygens (including phenoxy) is 2. The lowest BCUT2D eigenvalue weighted by Gasteiger charge is -2.18. The first kappa shape index (κ1) is 14.9. The molecule has 0 saturated carbocycles. The van der Waals surface area contributed by atoms with Gasteiger partial charge in [-0.05, 0) is 12.1 Å². The van der Waals surface area contributed by atoms with Crippen molar-refractivity contribution in [3.63, 3.8) is 0 Å². The maximum absolute atomic E-state index is 12.6. The van der Waals surface area contributed by atoms with Crippen LogP contribution in [0.4, 0.5) is 32.0 Å². The van der Waals surface area contributed by atoms with E-state index in [-0.39, 0.29) is 5.75 Å². The summed E-state index contributed by atoms with van der Waals surface area (Å²) in [4.78, 5) is 0. The van der Waals surface area contributed by atoms with E-state index in [9.17, 15) is 26.3 Å². The lowest BCUT2D eigenvalue weighted by Crippen LogP contribution is -2.40. The summed E-state index contributed by atoms with van der Waals surface area (Å²) in [5.74, 6) is -0.921. The topological polar surface area (TPSA) is 44.5 Å². The average molecular weight is 322 g/mol. The van der Waals surface area contributed by atoms with Crippen LogP contribution in [0.5, 0.6) is 11.5 Å². The van der Waals surface area contributed by atoms with Crippen LogP contribution in [0.1, 0.15) is 5.56 Å². The lowest BCUT2D eigenvalue weighted by molar-refractivity contribution is -0.164. The molecule has 2 N–H and O–H groups in total. The summed E-state index contributed by atoms with van der Waals surface area (Å²) in [5, 5.41) is -2.54. The molecule has 1 aliphatic rings. The van der Waals surface area contributed by atoms with Gasteiger partial charge in [0.2, 0.25) is 5.38 Å². The van der Waals surface area contributed by atoms with Crippen molar-refractivity contribution < 1.29 is 35.8 Å². The molecule has 0 aliphatic carbocycles. The van der Waals surface area contributed by atoms with Crippen LogP contribution in [0, 0.1) is 0 Å². The van der Waals surface area contributed by atoms with Crippen LogP contribution in [0.15, 0.2) is 12.1 Å². The normalized spacial score (nSPS) is 20.1. The second-order valence-electron chi connectivity index (χ2n) is 3.90. The Morgan fingerprint density at radius 3 is 2.20 bits per heavy atom. The molecule has 2 rings (SSSR count). The third kappa shape index (κ3) is 2.54. The van der Waals surface area contributed by atoms with Gasteiger partial charge in [0.15, 0.2) is 11.5 Å². The van der Waals surface area contributed by atoms with Gasteiger partial charge in [-0.2, -0.15) is 26.3 Å². The van der Waals surface area contributed by atoms with Gasteiger partial charge >= 0.3 is 12.4 Å². The van der Waals surface area contributed by atoms with Crippen molar-refractivity contribution in [2.75, 3.05) is 5.73 Å². The molecule has 2 atom stereocenters. The minimum Gasteiger partial charge on any atom is -0.449 e. The van der Waals surface area contributed by atoms with Gasteiger partial charge in [0, 0.05) is 0 Å². The quantitative estimate of drug-likeness (QED) is 0.489. The van der Waals surface area contributed by atoms with E-state index in [1.54, 1.807) is 0 Å². The molecule has 1 aromatic rings. The van der Waals surface area contributed by atoms with Crippen molar-refractivity contribution in [1.82, 2.24) is 0 Å². The largest absolute Gasteiger partial charge is 0.449 e. The second kappa shape index (κ2) is 4.51. The molecule has 0 bridgehead atoms. The van der Waals surface area contributed by atoms with Crippen LogP contribution < -0.4 is 15.2 Å². The monoisotopic (exact) mass is 321 g/mol. The van der Waals surface area contributed by atoms with Gasteiger partial charge in [0.05, 0.1) is 11.3 Å². The molecular weight excluding hydrogens is 316 g/mol. The minimum atomic E-state index is -4.84. The number of fused-ring (bicyclic) bond motifs is 1. The Hall–Kier alpha value is -1.51. The first-order valence-electron chi connectivity index (χ1n) is 5.05. The first-order chi connectivity index (χ1) is 9.01. The summed E-state index contributed by atoms with van der Waals surface area (Å²) in [6, 6.07) is 1.42. The first-order valence-corrected chi connectivity index (χ1v) is 5.49. The number of nitrogen functional groups attached to an aromatic ring is 1. The summed E-state index contributed by atoms with van der Waals surface area (Å²) in [6.45, 7) is 0. The highest BCUT2D eigenvalue weighted by Crippen LogP contribution is 2.48. The smallest absolute Gasteiger partial charge is 0.418 e. The molecule has 112 valence electrons. The molecule has 2 unspecified atom stereocenters. The summed E-state index contributed by atoms with van der Waals surface area (Å²) < 4.78 is 84.3. The molecule has 10 heteroatoms. The molecule has 0 spiro atoms. The molecular formula is C10H6ClF6NO2. The minimum absolute atomic E-state index is 0.324. The molecule has 1 aromatic carbocycles. The molecule has 0 amide bonds. The van der Waals surface area contributed by atoms with Crippen molar-refractivity contribution in [3.8, 4) is 11.5 Å². The van der Waals surface area contributed by atoms with Crippen LogP contribution in [-0.2, 0) is 6.18 Å². The number of benzene rings is 1. The van der Waals surface area contributed by atoms with E-state index < -0.39 is 41.0 Å². The second-order valence-corrected chi connectivity index (χ2v) is 4.37. The van der Waals surface area contributed by atoms with Crippen molar-refractivity contribution in [2.45, 2.75) is 24.0 Å². The third-order valence-corrected chi connectivity index (χ3v) is 2.95. The summed E-state index contributed by atoms with van der Waals surface area (Å²) >= 11 is 5.10. The highest BCUT2D eigenvalue weighted by Gasteiger charge is 2.49. The van der Waals surface area contributed by atoms with E-state index in [1.807, 2.05) is 0 Å². The van der Waals surface area contributed by atoms with Crippen LogP contribution >= 0.6 is 11.6 Å². The molecule has 0 aromatic heterocycles. The van der Waals surface area contributed by atoms with Gasteiger partial charge in [-0.3, -0.25) is 0 Å². The molecule has 0 radical (unpaired) electrons. The number of hydrogen-bond donors (Lipinski definition) is 1. The fourth-order valence-electron chi connectivity index (χ4n) is 1.58. The number of nitrogens with two attached hydrogens (primary N) is 1. The van der Waals surface area contributed by atoms with Gasteiger partial charge in [-0.25, -0.2) is 0 Å².